The fraction of sp³-hybridized carbons (Fsp3) is 0.533. The van der Waals surface area contributed by atoms with Crippen molar-refractivity contribution in [1.29, 1.82) is 0 Å². The number of imidazole rings is 1. The fourth-order valence-electron chi connectivity index (χ4n) is 3.26. The Kier molecular flexibility index (Phi) is 5.98. The number of hydrogen-bond acceptors (Lipinski definition) is 11. The number of hydrogen-bond donors (Lipinski definition) is 6. The van der Waals surface area contributed by atoms with Crippen LogP contribution in [0.25, 0.3) is 11.2 Å². The average Bonchev–Trinajstić information content (AvgIpc) is 3.36. The van der Waals surface area contributed by atoms with E-state index in [-0.39, 0.29) is 23.2 Å². The van der Waals surface area contributed by atoms with Crippen molar-refractivity contribution in [2.45, 2.75) is 43.0 Å². The highest BCUT2D eigenvalue weighted by Crippen LogP contribution is 2.58. The van der Waals surface area contributed by atoms with E-state index in [1.807, 2.05) is 0 Å². The summed E-state index contributed by atoms with van der Waals surface area (Å²) in [5.41, 5.74) is 3.16. The largest absolute Gasteiger partial charge is 0.481 e. The number of rotatable bonds is 8. The minimum Gasteiger partial charge on any atom is -0.386 e. The Hall–Kier alpha value is -2.18. The molecule has 7 N–H and O–H groups in total. The zero-order valence-electron chi connectivity index (χ0n) is 16.6. The first-order valence-corrected chi connectivity index (χ1v) is 12.4. The molecular weight excluding hydrogens is 489 g/mol. The van der Waals surface area contributed by atoms with E-state index in [1.54, 1.807) is 5.92 Å². The first kappa shape index (κ1) is 24.0. The minimum atomic E-state index is -5.38. The van der Waals surface area contributed by atoms with Crippen LogP contribution in [0.2, 0.25) is 0 Å². The van der Waals surface area contributed by atoms with Crippen molar-refractivity contribution in [1.82, 2.24) is 19.5 Å². The number of nitrogens with two attached hydrogens (primary N) is 1. The van der Waals surface area contributed by atoms with E-state index in [0.717, 1.165) is 23.7 Å². The SMILES string of the molecule is C#C[C@@]1(F)[C@H](O)[C@@H](COP(=O)(O)OP(=O)(O)O)O[C@H]1n1cnc2c(NC3CC3)nc(N)nc21. The second-order valence-electron chi connectivity index (χ2n) is 7.39. The van der Waals surface area contributed by atoms with Crippen LogP contribution in [0.4, 0.5) is 16.2 Å². The molecule has 2 fully saturated rings. The highest BCUT2D eigenvalue weighted by molar-refractivity contribution is 7.60. The zero-order valence-corrected chi connectivity index (χ0v) is 18.3. The number of aliphatic hydroxyl groups is 1. The molecule has 0 amide bonds. The van der Waals surface area contributed by atoms with Crippen molar-refractivity contribution in [3.05, 3.63) is 6.33 Å². The Bertz CT molecular complexity index is 1210. The van der Waals surface area contributed by atoms with Crippen LogP contribution in [0.1, 0.15) is 19.1 Å². The summed E-state index contributed by atoms with van der Waals surface area (Å²) < 4.78 is 52.7. The van der Waals surface area contributed by atoms with Crippen LogP contribution >= 0.6 is 15.6 Å². The van der Waals surface area contributed by atoms with Gasteiger partial charge in [0.15, 0.2) is 23.2 Å². The number of nitrogens with zero attached hydrogens (tertiary/aromatic N) is 4. The molecule has 0 spiro atoms. The lowest BCUT2D eigenvalue weighted by molar-refractivity contribution is -0.0496. The molecule has 3 heterocycles. The van der Waals surface area contributed by atoms with Crippen molar-refractivity contribution in [3.63, 3.8) is 0 Å². The van der Waals surface area contributed by atoms with Gasteiger partial charge in [0, 0.05) is 6.04 Å². The molecule has 0 radical (unpaired) electrons. The molecule has 2 aliphatic rings. The number of phosphoric ester groups is 1. The van der Waals surface area contributed by atoms with Crippen molar-refractivity contribution < 1.29 is 46.9 Å². The summed E-state index contributed by atoms with van der Waals surface area (Å²) in [6, 6.07) is 0.189. The zero-order chi connectivity index (χ0) is 24.2. The monoisotopic (exact) mass is 508 g/mol. The Morgan fingerprint density at radius 1 is 1.39 bits per heavy atom. The molecule has 1 saturated carbocycles. The highest BCUT2D eigenvalue weighted by Gasteiger charge is 2.58. The summed E-state index contributed by atoms with van der Waals surface area (Å²) in [6.07, 6.45) is 2.88. The van der Waals surface area contributed by atoms with Crippen LogP contribution < -0.4 is 11.1 Å². The molecule has 4 rings (SSSR count). The van der Waals surface area contributed by atoms with Gasteiger partial charge in [0.25, 0.3) is 0 Å². The molecule has 2 aromatic heterocycles. The van der Waals surface area contributed by atoms with E-state index >= 15 is 4.39 Å². The summed E-state index contributed by atoms with van der Waals surface area (Å²) in [7, 11) is -10.7. The molecule has 1 aliphatic carbocycles. The number of aromatic nitrogens is 4. The Labute approximate surface area is 185 Å². The van der Waals surface area contributed by atoms with Gasteiger partial charge in [0.1, 0.15) is 12.2 Å². The van der Waals surface area contributed by atoms with Gasteiger partial charge in [-0.2, -0.15) is 14.3 Å². The van der Waals surface area contributed by atoms with Gasteiger partial charge in [-0.1, -0.05) is 5.92 Å². The number of ether oxygens (including phenoxy) is 1. The molecule has 0 bridgehead atoms. The minimum absolute atomic E-state index is 0.0411. The molecule has 180 valence electrons. The Morgan fingerprint density at radius 3 is 2.70 bits per heavy atom. The Morgan fingerprint density at radius 2 is 2.09 bits per heavy atom. The van der Waals surface area contributed by atoms with Gasteiger partial charge in [-0.25, -0.2) is 18.5 Å². The molecule has 1 unspecified atom stereocenters. The number of nitrogens with one attached hydrogen (secondary N) is 1. The maximum absolute atomic E-state index is 15.7. The molecule has 18 heteroatoms. The lowest BCUT2D eigenvalue weighted by atomic mass is 9.97. The number of phosphoric acid groups is 2. The predicted molar refractivity (Wildman–Crippen MR) is 108 cm³/mol. The average molecular weight is 508 g/mol. The summed E-state index contributed by atoms with van der Waals surface area (Å²) in [4.78, 5) is 39.0. The molecule has 1 saturated heterocycles. The maximum Gasteiger partial charge on any atom is 0.481 e. The quantitative estimate of drug-likeness (QED) is 0.201. The van der Waals surface area contributed by atoms with Gasteiger partial charge in [-0.05, 0) is 12.8 Å². The molecule has 2 aromatic rings. The molecular formula is C15H19FN6O9P2. The third-order valence-corrected chi connectivity index (χ3v) is 7.04. The maximum atomic E-state index is 15.7. The first-order chi connectivity index (χ1) is 15.3. The summed E-state index contributed by atoms with van der Waals surface area (Å²) in [5, 5.41) is 13.5. The van der Waals surface area contributed by atoms with Gasteiger partial charge in [-0.15, -0.1) is 6.42 Å². The molecule has 0 aromatic carbocycles. The number of terminal acetylenes is 1. The van der Waals surface area contributed by atoms with E-state index in [0.29, 0.717) is 5.82 Å². The van der Waals surface area contributed by atoms with Crippen molar-refractivity contribution in [3.8, 4) is 12.3 Å². The smallest absolute Gasteiger partial charge is 0.386 e. The lowest BCUT2D eigenvalue weighted by Crippen LogP contribution is -2.42. The normalized spacial score (nSPS) is 29.6. The van der Waals surface area contributed by atoms with E-state index in [1.165, 1.54) is 0 Å². The van der Waals surface area contributed by atoms with E-state index < -0.39 is 46.4 Å². The number of aliphatic hydroxyl groups excluding tert-OH is 1. The predicted octanol–water partition coefficient (Wildman–Crippen LogP) is -0.191. The van der Waals surface area contributed by atoms with E-state index in [9.17, 15) is 19.1 Å². The standard InChI is InChI=1S/C15H19FN6O9P2/c1-2-15(16)10(23)8(5-29-33(27,28)31-32(24,25)26)30-13(15)22-6-18-9-11(19-7-3-4-7)20-14(17)21-12(9)22/h1,6-8,10,13,23H,3-5H2,(H,27,28)(H2,24,25,26)(H3,17,19,20,21)/t8-,10-,13-,15-/m1/s1. The summed E-state index contributed by atoms with van der Waals surface area (Å²) in [6.45, 7) is -1.00. The topological polar surface area (TPSA) is 224 Å². The number of nitrogen functional groups attached to an aromatic ring is 1. The van der Waals surface area contributed by atoms with Gasteiger partial charge in [0.2, 0.25) is 11.6 Å². The lowest BCUT2D eigenvalue weighted by Gasteiger charge is -2.23. The van der Waals surface area contributed by atoms with Crippen molar-refractivity contribution in [2.75, 3.05) is 17.7 Å². The van der Waals surface area contributed by atoms with Crippen LogP contribution in [0.15, 0.2) is 6.33 Å². The molecule has 15 nitrogen and oxygen atoms in total. The van der Waals surface area contributed by atoms with Crippen molar-refractivity contribution in [2.24, 2.45) is 0 Å². The van der Waals surface area contributed by atoms with Gasteiger partial charge < -0.3 is 35.6 Å². The van der Waals surface area contributed by atoms with Crippen LogP contribution in [0.3, 0.4) is 0 Å². The highest BCUT2D eigenvalue weighted by atomic mass is 31.3. The summed E-state index contributed by atoms with van der Waals surface area (Å²) >= 11 is 0. The van der Waals surface area contributed by atoms with E-state index in [4.69, 9.17) is 26.7 Å². The van der Waals surface area contributed by atoms with Crippen LogP contribution in [0, 0.1) is 12.3 Å². The van der Waals surface area contributed by atoms with Crippen molar-refractivity contribution >= 4 is 38.6 Å². The van der Waals surface area contributed by atoms with Crippen LogP contribution in [-0.4, -0.2) is 69.8 Å². The molecule has 33 heavy (non-hydrogen) atoms. The number of alkyl halides is 1. The van der Waals surface area contributed by atoms with Crippen LogP contribution in [0.5, 0.6) is 0 Å². The van der Waals surface area contributed by atoms with Gasteiger partial charge >= 0.3 is 15.6 Å². The number of anilines is 2. The number of fused-ring (bicyclic) bond motifs is 1. The van der Waals surface area contributed by atoms with E-state index in [2.05, 4.69) is 29.1 Å². The van der Waals surface area contributed by atoms with Gasteiger partial charge in [0.05, 0.1) is 12.9 Å². The van der Waals surface area contributed by atoms with Gasteiger partial charge in [-0.3, -0.25) is 9.09 Å². The third-order valence-electron chi connectivity index (χ3n) is 4.89. The fourth-order valence-corrected chi connectivity index (χ4v) is 4.86. The molecule has 1 aliphatic heterocycles. The number of halogens is 1. The first-order valence-electron chi connectivity index (χ1n) is 9.34. The Balaban J connectivity index is 1.62. The third kappa shape index (κ3) is 4.87. The second-order valence-corrected chi connectivity index (χ2v) is 10.2. The second kappa shape index (κ2) is 8.24. The van der Waals surface area contributed by atoms with Crippen LogP contribution in [-0.2, 0) is 22.7 Å². The molecule has 5 atom stereocenters. The summed E-state index contributed by atoms with van der Waals surface area (Å²) in [5.74, 6) is 1.98.